The van der Waals surface area contributed by atoms with Crippen molar-refractivity contribution in [3.8, 4) is 17.0 Å². The number of rotatable bonds is 4. The van der Waals surface area contributed by atoms with Crippen molar-refractivity contribution in [2.24, 2.45) is 0 Å². The van der Waals surface area contributed by atoms with E-state index in [9.17, 15) is 0 Å². The molecule has 0 bridgehead atoms. The van der Waals surface area contributed by atoms with Gasteiger partial charge in [-0.05, 0) is 30.3 Å². The zero-order valence-corrected chi connectivity index (χ0v) is 13.0. The molecule has 0 aliphatic heterocycles. The minimum absolute atomic E-state index is 0.469. The Morgan fingerprint density at radius 1 is 1.09 bits per heavy atom. The lowest BCUT2D eigenvalue weighted by molar-refractivity contribution is 0.415. The molecule has 1 N–H and O–H groups in total. The molecule has 0 aliphatic carbocycles. The second kappa shape index (κ2) is 5.65. The van der Waals surface area contributed by atoms with Crippen molar-refractivity contribution in [2.45, 2.75) is 0 Å². The Balaban J connectivity index is 1.68. The summed E-state index contributed by atoms with van der Waals surface area (Å²) in [6, 6.07) is 9.59. The van der Waals surface area contributed by atoms with E-state index >= 15 is 0 Å². The Labute approximate surface area is 135 Å². The zero-order chi connectivity index (χ0) is 15.6. The standard InChI is InChI=1S/C15H12N6OS/c1-22-11-5-3-10(4-6-11)12-9-23-15-19-14(20-21(12)15)18-13-16-7-2-8-17-13/h2-9H,1H3,(H,16,17,18,20). The van der Waals surface area contributed by atoms with Crippen molar-refractivity contribution in [3.63, 3.8) is 0 Å². The van der Waals surface area contributed by atoms with Crippen molar-refractivity contribution in [2.75, 3.05) is 12.4 Å². The van der Waals surface area contributed by atoms with Crippen LogP contribution in [0.1, 0.15) is 0 Å². The van der Waals surface area contributed by atoms with Crippen LogP contribution >= 0.6 is 11.3 Å². The Kier molecular flexibility index (Phi) is 3.35. The highest BCUT2D eigenvalue weighted by molar-refractivity contribution is 7.15. The Morgan fingerprint density at radius 3 is 2.61 bits per heavy atom. The predicted molar refractivity (Wildman–Crippen MR) is 88.2 cm³/mol. The summed E-state index contributed by atoms with van der Waals surface area (Å²) in [5, 5.41) is 9.51. The van der Waals surface area contributed by atoms with Gasteiger partial charge in [0.25, 0.3) is 5.95 Å². The van der Waals surface area contributed by atoms with E-state index in [0.29, 0.717) is 11.9 Å². The molecular weight excluding hydrogens is 312 g/mol. The van der Waals surface area contributed by atoms with Crippen LogP contribution in [0.2, 0.25) is 0 Å². The van der Waals surface area contributed by atoms with Gasteiger partial charge in [0.05, 0.1) is 12.8 Å². The number of anilines is 2. The van der Waals surface area contributed by atoms with E-state index in [1.54, 1.807) is 30.1 Å². The molecule has 3 heterocycles. The van der Waals surface area contributed by atoms with Crippen LogP contribution in [0.15, 0.2) is 48.1 Å². The van der Waals surface area contributed by atoms with Crippen LogP contribution in [-0.4, -0.2) is 31.7 Å². The Bertz CT molecular complexity index is 932. The van der Waals surface area contributed by atoms with Gasteiger partial charge >= 0.3 is 0 Å². The highest BCUT2D eigenvalue weighted by Gasteiger charge is 2.12. The number of nitrogens with zero attached hydrogens (tertiary/aromatic N) is 5. The highest BCUT2D eigenvalue weighted by Crippen LogP contribution is 2.27. The first-order valence-electron chi connectivity index (χ1n) is 6.86. The fraction of sp³-hybridized carbons (Fsp3) is 0.0667. The van der Waals surface area contributed by atoms with Crippen molar-refractivity contribution >= 4 is 28.2 Å². The summed E-state index contributed by atoms with van der Waals surface area (Å²) in [7, 11) is 1.65. The number of fused-ring (bicyclic) bond motifs is 1. The molecule has 23 heavy (non-hydrogen) atoms. The van der Waals surface area contributed by atoms with Crippen LogP contribution in [0.25, 0.3) is 16.2 Å². The van der Waals surface area contributed by atoms with Crippen LogP contribution in [0.4, 0.5) is 11.9 Å². The smallest absolute Gasteiger partial charge is 0.250 e. The van der Waals surface area contributed by atoms with E-state index < -0.39 is 0 Å². The van der Waals surface area contributed by atoms with E-state index in [0.717, 1.165) is 22.0 Å². The van der Waals surface area contributed by atoms with Gasteiger partial charge in [0.15, 0.2) is 0 Å². The Morgan fingerprint density at radius 2 is 1.87 bits per heavy atom. The summed E-state index contributed by atoms with van der Waals surface area (Å²) in [4.78, 5) is 13.5. The number of aromatic nitrogens is 5. The molecule has 7 nitrogen and oxygen atoms in total. The van der Waals surface area contributed by atoms with Crippen molar-refractivity contribution in [1.29, 1.82) is 0 Å². The van der Waals surface area contributed by atoms with Gasteiger partial charge in [-0.15, -0.1) is 16.4 Å². The summed E-state index contributed by atoms with van der Waals surface area (Å²) >= 11 is 1.53. The molecule has 0 spiro atoms. The molecule has 1 aromatic carbocycles. The van der Waals surface area contributed by atoms with E-state index in [1.165, 1.54) is 11.3 Å². The molecule has 8 heteroatoms. The van der Waals surface area contributed by atoms with Crippen molar-refractivity contribution < 1.29 is 4.74 Å². The van der Waals surface area contributed by atoms with Gasteiger partial charge in [-0.3, -0.25) is 5.32 Å². The van der Waals surface area contributed by atoms with Gasteiger partial charge in [0.2, 0.25) is 10.9 Å². The van der Waals surface area contributed by atoms with Crippen LogP contribution < -0.4 is 10.1 Å². The maximum absolute atomic E-state index is 5.19. The molecule has 0 saturated carbocycles. The summed E-state index contributed by atoms with van der Waals surface area (Å²) in [6.45, 7) is 0. The number of thiazole rings is 1. The van der Waals surface area contributed by atoms with Crippen LogP contribution in [0, 0.1) is 0 Å². The molecule has 4 aromatic rings. The molecule has 0 atom stereocenters. The molecule has 0 amide bonds. The molecule has 0 aliphatic rings. The molecule has 0 fully saturated rings. The third-order valence-corrected chi connectivity index (χ3v) is 4.07. The molecule has 3 aromatic heterocycles. The van der Waals surface area contributed by atoms with E-state index in [1.807, 2.05) is 29.6 Å². The summed E-state index contributed by atoms with van der Waals surface area (Å²) in [5.74, 6) is 1.76. The van der Waals surface area contributed by atoms with Crippen molar-refractivity contribution in [1.82, 2.24) is 24.6 Å². The van der Waals surface area contributed by atoms with Gasteiger partial charge in [-0.2, -0.15) is 4.98 Å². The van der Waals surface area contributed by atoms with Gasteiger partial charge in [0.1, 0.15) is 5.75 Å². The van der Waals surface area contributed by atoms with Gasteiger partial charge < -0.3 is 4.74 Å². The molecule has 0 saturated heterocycles. The van der Waals surface area contributed by atoms with Gasteiger partial charge in [-0.1, -0.05) is 0 Å². The lowest BCUT2D eigenvalue weighted by Gasteiger charge is -2.02. The molecule has 114 valence electrons. The maximum Gasteiger partial charge on any atom is 0.250 e. The summed E-state index contributed by atoms with van der Waals surface area (Å²) in [6.07, 6.45) is 3.33. The van der Waals surface area contributed by atoms with Gasteiger partial charge in [-0.25, -0.2) is 14.5 Å². The topological polar surface area (TPSA) is 77.2 Å². The number of hydrogen-bond acceptors (Lipinski definition) is 7. The van der Waals surface area contributed by atoms with Crippen molar-refractivity contribution in [3.05, 3.63) is 48.1 Å². The SMILES string of the molecule is COc1ccc(-c2csc3nc(Nc4ncccn4)nn23)cc1. The lowest BCUT2D eigenvalue weighted by Crippen LogP contribution is -1.98. The average Bonchev–Trinajstić information content (AvgIpc) is 3.16. The lowest BCUT2D eigenvalue weighted by atomic mass is 10.2. The summed E-state index contributed by atoms with van der Waals surface area (Å²) < 4.78 is 6.99. The van der Waals surface area contributed by atoms with E-state index in [2.05, 4.69) is 25.4 Å². The fourth-order valence-corrected chi connectivity index (χ4v) is 2.99. The molecular formula is C15H12N6OS. The number of hydrogen-bond donors (Lipinski definition) is 1. The highest BCUT2D eigenvalue weighted by atomic mass is 32.1. The Hall–Kier alpha value is -3.00. The first-order chi connectivity index (χ1) is 11.3. The van der Waals surface area contributed by atoms with E-state index in [-0.39, 0.29) is 0 Å². The fourth-order valence-electron chi connectivity index (χ4n) is 2.16. The molecule has 0 radical (unpaired) electrons. The molecule has 0 unspecified atom stereocenters. The minimum Gasteiger partial charge on any atom is -0.497 e. The second-order valence-electron chi connectivity index (χ2n) is 4.68. The number of methoxy groups -OCH3 is 1. The number of nitrogens with one attached hydrogen (secondary N) is 1. The zero-order valence-electron chi connectivity index (χ0n) is 12.2. The first-order valence-corrected chi connectivity index (χ1v) is 7.74. The number of benzene rings is 1. The quantitative estimate of drug-likeness (QED) is 0.622. The van der Waals surface area contributed by atoms with Crippen LogP contribution in [0.5, 0.6) is 5.75 Å². The largest absolute Gasteiger partial charge is 0.497 e. The number of ether oxygens (including phenoxy) is 1. The first kappa shape index (κ1) is 13.6. The monoisotopic (exact) mass is 324 g/mol. The molecule has 4 rings (SSSR count). The third kappa shape index (κ3) is 2.59. The minimum atomic E-state index is 0.469. The normalized spacial score (nSPS) is 10.8. The van der Waals surface area contributed by atoms with Crippen LogP contribution in [0.3, 0.4) is 0 Å². The van der Waals surface area contributed by atoms with E-state index in [4.69, 9.17) is 4.74 Å². The average molecular weight is 324 g/mol. The van der Waals surface area contributed by atoms with Crippen LogP contribution in [-0.2, 0) is 0 Å². The predicted octanol–water partition coefficient (Wildman–Crippen LogP) is 3.00. The second-order valence-corrected chi connectivity index (χ2v) is 5.51. The summed E-state index contributed by atoms with van der Waals surface area (Å²) in [5.41, 5.74) is 2.02. The third-order valence-electron chi connectivity index (χ3n) is 3.26. The van der Waals surface area contributed by atoms with Gasteiger partial charge in [0, 0.05) is 23.3 Å². The maximum atomic E-state index is 5.19.